The van der Waals surface area contributed by atoms with E-state index in [1.165, 1.54) is 12.0 Å². The van der Waals surface area contributed by atoms with E-state index in [0.717, 1.165) is 44.2 Å². The first-order valence-electron chi connectivity index (χ1n) is 13.5. The van der Waals surface area contributed by atoms with Gasteiger partial charge in [-0.25, -0.2) is 0 Å². The van der Waals surface area contributed by atoms with E-state index in [0.29, 0.717) is 37.6 Å². The molecule has 0 radical (unpaired) electrons. The van der Waals surface area contributed by atoms with Crippen LogP contribution in [0.4, 0.5) is 24.5 Å². The van der Waals surface area contributed by atoms with Crippen LogP contribution in [0.3, 0.4) is 0 Å². The third-order valence-electron chi connectivity index (χ3n) is 8.07. The van der Waals surface area contributed by atoms with Gasteiger partial charge in [-0.2, -0.15) is 13.2 Å². The molecule has 2 fully saturated rings. The minimum atomic E-state index is -4.38. The summed E-state index contributed by atoms with van der Waals surface area (Å²) in [6.45, 7) is 1.30. The first-order valence-corrected chi connectivity index (χ1v) is 13.5. The number of rotatable bonds is 7. The molecule has 5 rings (SSSR count). The molecule has 37 heavy (non-hydrogen) atoms. The number of hydrogen-bond donors (Lipinski definition) is 1. The van der Waals surface area contributed by atoms with E-state index in [1.54, 1.807) is 12.1 Å². The van der Waals surface area contributed by atoms with Gasteiger partial charge in [-0.05, 0) is 49.4 Å². The Bertz CT molecular complexity index is 1060. The van der Waals surface area contributed by atoms with Crippen LogP contribution in [0.15, 0.2) is 48.5 Å². The predicted octanol–water partition coefficient (Wildman–Crippen LogP) is 5.69. The fraction of sp³-hybridized carbons (Fsp3) is 0.552. The zero-order valence-corrected chi connectivity index (χ0v) is 21.2. The lowest BCUT2D eigenvalue weighted by atomic mass is 9.80. The highest BCUT2D eigenvalue weighted by atomic mass is 19.4. The third kappa shape index (κ3) is 6.22. The maximum absolute atomic E-state index is 14.0. The Morgan fingerprint density at radius 2 is 1.65 bits per heavy atom. The van der Waals surface area contributed by atoms with Crippen molar-refractivity contribution < 1.29 is 22.7 Å². The van der Waals surface area contributed by atoms with Crippen molar-refractivity contribution in [2.75, 3.05) is 43.0 Å². The second-order valence-corrected chi connectivity index (χ2v) is 10.5. The summed E-state index contributed by atoms with van der Waals surface area (Å²) in [6.07, 6.45) is 2.87. The van der Waals surface area contributed by atoms with E-state index in [-0.39, 0.29) is 23.8 Å². The van der Waals surface area contributed by atoms with Crippen LogP contribution in [-0.2, 0) is 11.2 Å². The van der Waals surface area contributed by atoms with Gasteiger partial charge in [-0.1, -0.05) is 49.6 Å². The van der Waals surface area contributed by atoms with Crippen LogP contribution in [0.5, 0.6) is 5.75 Å². The van der Waals surface area contributed by atoms with Crippen molar-refractivity contribution in [3.8, 4) is 5.75 Å². The maximum Gasteiger partial charge on any atom is 0.422 e. The zero-order valence-electron chi connectivity index (χ0n) is 21.2. The largest absolute Gasteiger partial charge is 0.482 e. The van der Waals surface area contributed by atoms with Gasteiger partial charge in [0.15, 0.2) is 12.4 Å². The number of aryl methyl sites for hydroxylation is 1. The van der Waals surface area contributed by atoms with Crippen molar-refractivity contribution >= 4 is 17.2 Å². The normalized spacial score (nSPS) is 22.1. The molecule has 2 aromatic carbocycles. The van der Waals surface area contributed by atoms with Gasteiger partial charge in [-0.15, -0.1) is 0 Å². The summed E-state index contributed by atoms with van der Waals surface area (Å²) in [5.41, 5.74) is 3.09. The number of ether oxygens (including phenoxy) is 1. The molecule has 2 aromatic rings. The number of halogens is 3. The fourth-order valence-electron chi connectivity index (χ4n) is 6.20. The number of carbonyl (C=O) groups is 1. The van der Waals surface area contributed by atoms with Crippen molar-refractivity contribution in [1.82, 2.24) is 4.90 Å². The summed E-state index contributed by atoms with van der Waals surface area (Å²) < 4.78 is 43.4. The van der Waals surface area contributed by atoms with Crippen LogP contribution < -0.4 is 15.0 Å². The fourth-order valence-corrected chi connectivity index (χ4v) is 6.20. The van der Waals surface area contributed by atoms with Gasteiger partial charge in [0.1, 0.15) is 5.75 Å². The third-order valence-corrected chi connectivity index (χ3v) is 8.07. The van der Waals surface area contributed by atoms with E-state index in [2.05, 4.69) is 33.3 Å². The Kier molecular flexibility index (Phi) is 7.93. The number of piperazine rings is 1. The van der Waals surface area contributed by atoms with Crippen LogP contribution in [-0.4, -0.2) is 61.7 Å². The standard InChI is InChI=1S/C29H36F3N3O2/c30-29(31,32)20-37-26-13-7-6-12-25(26)34-16-18-35(19-17-34)27(28(36)22-9-2-1-3-10-22)24-15-14-21-8-4-5-11-23(21)33-24/h4-8,11-13,22,24,27,33H,1-3,9-10,14-20H2. The number of fused-ring (bicyclic) bond motifs is 1. The SMILES string of the molecule is O=C(C1CCCCC1)C(C1CCc2ccccc2N1)N1CCN(c2ccccc2OCC(F)(F)F)CC1. The Morgan fingerprint density at radius 3 is 2.41 bits per heavy atom. The molecule has 0 amide bonds. The molecule has 8 heteroatoms. The van der Waals surface area contributed by atoms with Gasteiger partial charge in [0.2, 0.25) is 0 Å². The number of anilines is 2. The van der Waals surface area contributed by atoms with Gasteiger partial charge in [-0.3, -0.25) is 9.69 Å². The van der Waals surface area contributed by atoms with E-state index in [9.17, 15) is 18.0 Å². The van der Waals surface area contributed by atoms with Crippen LogP contribution in [0.2, 0.25) is 0 Å². The molecule has 2 atom stereocenters. The lowest BCUT2D eigenvalue weighted by Gasteiger charge is -2.45. The lowest BCUT2D eigenvalue weighted by Crippen LogP contribution is -2.60. The molecule has 1 N–H and O–H groups in total. The number of Topliss-reactive ketones (excluding diaryl/α,β-unsaturated/α-hetero) is 1. The molecule has 0 spiro atoms. The van der Waals surface area contributed by atoms with Crippen LogP contribution >= 0.6 is 0 Å². The van der Waals surface area contributed by atoms with Crippen molar-refractivity contribution in [2.45, 2.75) is 63.2 Å². The summed E-state index contributed by atoms with van der Waals surface area (Å²) in [5.74, 6) is 0.722. The number of carbonyl (C=O) groups excluding carboxylic acids is 1. The van der Waals surface area contributed by atoms with Gasteiger partial charge >= 0.3 is 6.18 Å². The minimum absolute atomic E-state index is 0.0540. The number of hydrogen-bond acceptors (Lipinski definition) is 5. The monoisotopic (exact) mass is 515 g/mol. The smallest absolute Gasteiger partial charge is 0.422 e. The summed E-state index contributed by atoms with van der Waals surface area (Å²) in [5, 5.41) is 3.69. The molecule has 1 saturated carbocycles. The summed E-state index contributed by atoms with van der Waals surface area (Å²) >= 11 is 0. The molecule has 200 valence electrons. The second kappa shape index (κ2) is 11.3. The number of ketones is 1. The highest BCUT2D eigenvalue weighted by molar-refractivity contribution is 5.88. The van der Waals surface area contributed by atoms with E-state index < -0.39 is 12.8 Å². The molecule has 1 saturated heterocycles. The molecule has 2 heterocycles. The Labute approximate surface area is 217 Å². The zero-order chi connectivity index (χ0) is 25.8. The van der Waals surface area contributed by atoms with E-state index >= 15 is 0 Å². The summed E-state index contributed by atoms with van der Waals surface area (Å²) in [6, 6.07) is 15.1. The quantitative estimate of drug-likeness (QED) is 0.513. The first-order chi connectivity index (χ1) is 17.9. The number of para-hydroxylation sites is 3. The Balaban J connectivity index is 1.31. The van der Waals surface area contributed by atoms with Gasteiger partial charge < -0.3 is 15.0 Å². The highest BCUT2D eigenvalue weighted by Crippen LogP contribution is 2.34. The molecule has 3 aliphatic rings. The molecule has 0 aromatic heterocycles. The summed E-state index contributed by atoms with van der Waals surface area (Å²) in [4.78, 5) is 18.4. The minimum Gasteiger partial charge on any atom is -0.482 e. The van der Waals surface area contributed by atoms with Crippen molar-refractivity contribution in [2.24, 2.45) is 5.92 Å². The number of benzene rings is 2. The maximum atomic E-state index is 14.0. The molecular formula is C29H36F3N3O2. The van der Waals surface area contributed by atoms with Crippen LogP contribution in [0.25, 0.3) is 0 Å². The Hall–Kier alpha value is -2.74. The summed E-state index contributed by atoms with van der Waals surface area (Å²) in [7, 11) is 0. The van der Waals surface area contributed by atoms with Crippen molar-refractivity contribution in [3.05, 3.63) is 54.1 Å². The van der Waals surface area contributed by atoms with Gasteiger partial charge in [0, 0.05) is 43.8 Å². The van der Waals surface area contributed by atoms with Crippen LogP contribution in [0, 0.1) is 5.92 Å². The van der Waals surface area contributed by atoms with Gasteiger partial charge in [0.25, 0.3) is 0 Å². The molecular weight excluding hydrogens is 479 g/mol. The Morgan fingerprint density at radius 1 is 0.946 bits per heavy atom. The molecule has 2 aliphatic heterocycles. The highest BCUT2D eigenvalue weighted by Gasteiger charge is 2.40. The van der Waals surface area contributed by atoms with Crippen LogP contribution in [0.1, 0.15) is 44.1 Å². The average Bonchev–Trinajstić information content (AvgIpc) is 2.92. The molecule has 0 bridgehead atoms. The molecule has 5 nitrogen and oxygen atoms in total. The van der Waals surface area contributed by atoms with E-state index in [1.807, 2.05) is 18.2 Å². The first kappa shape index (κ1) is 25.9. The number of nitrogens with zero attached hydrogens (tertiary/aromatic N) is 2. The average molecular weight is 516 g/mol. The lowest BCUT2D eigenvalue weighted by molar-refractivity contribution is -0.153. The number of alkyl halides is 3. The topological polar surface area (TPSA) is 44.8 Å². The van der Waals surface area contributed by atoms with Gasteiger partial charge in [0.05, 0.1) is 11.7 Å². The second-order valence-electron chi connectivity index (χ2n) is 10.5. The molecule has 1 aliphatic carbocycles. The number of nitrogens with one attached hydrogen (secondary N) is 1. The van der Waals surface area contributed by atoms with Crippen molar-refractivity contribution in [3.63, 3.8) is 0 Å². The van der Waals surface area contributed by atoms with E-state index in [4.69, 9.17) is 4.74 Å². The predicted molar refractivity (Wildman–Crippen MR) is 139 cm³/mol. The van der Waals surface area contributed by atoms with Crippen molar-refractivity contribution in [1.29, 1.82) is 0 Å². The molecule has 2 unspecified atom stereocenters.